The van der Waals surface area contributed by atoms with E-state index in [-0.39, 0.29) is 17.9 Å². The lowest BCUT2D eigenvalue weighted by Gasteiger charge is -2.26. The van der Waals surface area contributed by atoms with Gasteiger partial charge in [0.25, 0.3) is 0 Å². The van der Waals surface area contributed by atoms with Crippen molar-refractivity contribution in [1.29, 1.82) is 0 Å². The largest absolute Gasteiger partial charge is 0.490 e. The monoisotopic (exact) mass is 489 g/mol. The molecule has 0 spiro atoms. The van der Waals surface area contributed by atoms with Gasteiger partial charge in [-0.15, -0.1) is 0 Å². The number of β-amino-alcohol motifs (C(OH)–C–C–N with tert-alkyl or cyclic N) is 1. The van der Waals surface area contributed by atoms with E-state index in [0.29, 0.717) is 42.9 Å². The van der Waals surface area contributed by atoms with Gasteiger partial charge in [-0.3, -0.25) is 9.48 Å². The first-order valence-electron chi connectivity index (χ1n) is 11.2. The Hall–Kier alpha value is -3.50. The molecule has 1 atom stereocenters. The number of benzene rings is 1. The van der Waals surface area contributed by atoms with Crippen molar-refractivity contribution in [3.8, 4) is 5.75 Å². The molecule has 0 fully saturated rings. The van der Waals surface area contributed by atoms with Gasteiger partial charge < -0.3 is 25.4 Å². The number of hydrogen-bond donors (Lipinski definition) is 4. The lowest BCUT2D eigenvalue weighted by molar-refractivity contribution is -0.134. The van der Waals surface area contributed by atoms with Crippen LogP contribution in [0.3, 0.4) is 0 Å². The smallest absolute Gasteiger partial charge is 0.328 e. The van der Waals surface area contributed by atoms with Crippen LogP contribution in [0.2, 0.25) is 0 Å². The number of para-hydroxylation sites is 1. The molecule has 35 heavy (non-hydrogen) atoms. The molecule has 2 rings (SSSR count). The maximum absolute atomic E-state index is 12.6. The number of carbonyl (C=O) groups is 3. The second kappa shape index (κ2) is 14.7. The molecule has 0 saturated heterocycles. The van der Waals surface area contributed by atoms with Crippen LogP contribution in [0, 0.1) is 0 Å². The van der Waals surface area contributed by atoms with Crippen LogP contribution in [0.5, 0.6) is 5.75 Å². The predicted octanol–water partition coefficient (Wildman–Crippen LogP) is 2.47. The standard InChI is InChI=1S/C21H31N3O3.C4H4O4/c1-5-21(2,3)22-13-17(25)15-27-20-9-7-6-8-18(20)19(26)11-10-16-12-23-24(4)14-16;5-3(6)1-2-4(7)8/h6-9,12,14,17,22,25H,5,10-11,13,15H2,1-4H3;1-2H,(H,5,6)(H,7,8)/b;2-1+. The summed E-state index contributed by atoms with van der Waals surface area (Å²) >= 11 is 0. The molecule has 0 radical (unpaired) electrons. The Bertz CT molecular complexity index is 982. The van der Waals surface area contributed by atoms with Crippen molar-refractivity contribution in [2.45, 2.75) is 51.7 Å². The Balaban J connectivity index is 0.000000658. The molecule has 1 heterocycles. The van der Waals surface area contributed by atoms with Gasteiger partial charge in [0.2, 0.25) is 0 Å². The van der Waals surface area contributed by atoms with E-state index in [1.807, 2.05) is 25.4 Å². The van der Waals surface area contributed by atoms with E-state index in [4.69, 9.17) is 14.9 Å². The number of aryl methyl sites for hydroxylation is 2. The van der Waals surface area contributed by atoms with Gasteiger partial charge in [-0.25, -0.2) is 9.59 Å². The summed E-state index contributed by atoms with van der Waals surface area (Å²) in [6.07, 6.45) is 6.16. The molecule has 1 aromatic heterocycles. The summed E-state index contributed by atoms with van der Waals surface area (Å²) < 4.78 is 7.48. The van der Waals surface area contributed by atoms with Crippen molar-refractivity contribution >= 4 is 17.7 Å². The molecule has 0 aliphatic carbocycles. The van der Waals surface area contributed by atoms with Crippen molar-refractivity contribution < 1.29 is 34.4 Å². The summed E-state index contributed by atoms with van der Waals surface area (Å²) in [6.45, 7) is 6.87. The van der Waals surface area contributed by atoms with Gasteiger partial charge in [-0.1, -0.05) is 19.1 Å². The Morgan fingerprint density at radius 3 is 2.34 bits per heavy atom. The molecule has 10 nitrogen and oxygen atoms in total. The predicted molar refractivity (Wildman–Crippen MR) is 131 cm³/mol. The first-order chi connectivity index (χ1) is 16.4. The van der Waals surface area contributed by atoms with Crippen LogP contribution >= 0.6 is 0 Å². The summed E-state index contributed by atoms with van der Waals surface area (Å²) in [5.41, 5.74) is 1.56. The second-order valence-electron chi connectivity index (χ2n) is 8.53. The quantitative estimate of drug-likeness (QED) is 0.246. The number of carboxylic acid groups (broad SMARTS) is 2. The molecule has 0 aliphatic heterocycles. The molecular formula is C25H35N3O7. The molecule has 192 valence electrons. The number of aliphatic hydroxyl groups is 1. The molecule has 0 amide bonds. The van der Waals surface area contributed by atoms with Crippen molar-refractivity contribution in [2.75, 3.05) is 13.2 Å². The SMILES string of the molecule is CCC(C)(C)NCC(O)COc1ccccc1C(=O)CCc1cnn(C)c1.O=C(O)/C=C/C(=O)O. The molecule has 0 saturated carbocycles. The van der Waals surface area contributed by atoms with Crippen LogP contribution in [0.25, 0.3) is 0 Å². The highest BCUT2D eigenvalue weighted by Gasteiger charge is 2.17. The minimum absolute atomic E-state index is 0.0224. The fourth-order valence-corrected chi connectivity index (χ4v) is 2.72. The van der Waals surface area contributed by atoms with Crippen molar-refractivity contribution in [2.24, 2.45) is 7.05 Å². The molecule has 1 aromatic carbocycles. The van der Waals surface area contributed by atoms with E-state index < -0.39 is 18.0 Å². The third-order valence-corrected chi connectivity index (χ3v) is 5.09. The third-order valence-electron chi connectivity index (χ3n) is 5.09. The molecule has 2 aromatic rings. The highest BCUT2D eigenvalue weighted by molar-refractivity contribution is 5.98. The summed E-state index contributed by atoms with van der Waals surface area (Å²) in [6, 6.07) is 7.20. The highest BCUT2D eigenvalue weighted by Crippen LogP contribution is 2.21. The van der Waals surface area contributed by atoms with Crippen molar-refractivity contribution in [3.63, 3.8) is 0 Å². The fourth-order valence-electron chi connectivity index (χ4n) is 2.72. The zero-order chi connectivity index (χ0) is 26.4. The maximum atomic E-state index is 12.6. The molecule has 4 N–H and O–H groups in total. The van der Waals surface area contributed by atoms with E-state index in [1.54, 1.807) is 23.0 Å². The summed E-state index contributed by atoms with van der Waals surface area (Å²) in [5, 5.41) is 33.2. The Morgan fingerprint density at radius 2 is 1.80 bits per heavy atom. The fraction of sp³-hybridized carbons (Fsp3) is 0.440. The zero-order valence-corrected chi connectivity index (χ0v) is 20.6. The minimum atomic E-state index is -1.26. The number of carboxylic acids is 2. The lowest BCUT2D eigenvalue weighted by Crippen LogP contribution is -2.44. The van der Waals surface area contributed by atoms with E-state index in [9.17, 15) is 19.5 Å². The molecular weight excluding hydrogens is 454 g/mol. The maximum Gasteiger partial charge on any atom is 0.328 e. The molecule has 0 bridgehead atoms. The average Bonchev–Trinajstić information content (AvgIpc) is 3.24. The van der Waals surface area contributed by atoms with Crippen LogP contribution < -0.4 is 10.1 Å². The van der Waals surface area contributed by atoms with E-state index >= 15 is 0 Å². The summed E-state index contributed by atoms with van der Waals surface area (Å²) in [5.74, 6) is -1.98. The van der Waals surface area contributed by atoms with Gasteiger partial charge in [0.15, 0.2) is 5.78 Å². The number of aliphatic hydroxyl groups excluding tert-OH is 1. The minimum Gasteiger partial charge on any atom is -0.490 e. The van der Waals surface area contributed by atoms with Gasteiger partial charge in [0, 0.05) is 43.9 Å². The number of nitrogens with one attached hydrogen (secondary N) is 1. The number of ketones is 1. The Kier molecular flexibility index (Phi) is 12.4. The van der Waals surface area contributed by atoms with Gasteiger partial charge in [-0.2, -0.15) is 5.10 Å². The number of carbonyl (C=O) groups excluding carboxylic acids is 1. The molecule has 10 heteroatoms. The number of ether oxygens (including phenoxy) is 1. The van der Waals surface area contributed by atoms with Crippen molar-refractivity contribution in [1.82, 2.24) is 15.1 Å². The number of aliphatic carboxylic acids is 2. The highest BCUT2D eigenvalue weighted by atomic mass is 16.5. The van der Waals surface area contributed by atoms with Crippen LogP contribution in [-0.2, 0) is 23.1 Å². The number of aromatic nitrogens is 2. The molecule has 0 aliphatic rings. The number of Topliss-reactive ketones (excluding diaryl/α,β-unsaturated/α-hetero) is 1. The summed E-state index contributed by atoms with van der Waals surface area (Å²) in [4.78, 5) is 31.7. The van der Waals surface area contributed by atoms with Gasteiger partial charge in [0.1, 0.15) is 18.5 Å². The van der Waals surface area contributed by atoms with Gasteiger partial charge in [0.05, 0.1) is 11.8 Å². The first-order valence-corrected chi connectivity index (χ1v) is 11.2. The van der Waals surface area contributed by atoms with E-state index in [2.05, 4.69) is 31.2 Å². The van der Waals surface area contributed by atoms with E-state index in [0.717, 1.165) is 12.0 Å². The summed E-state index contributed by atoms with van der Waals surface area (Å²) in [7, 11) is 1.86. The topological polar surface area (TPSA) is 151 Å². The number of rotatable bonds is 13. The van der Waals surface area contributed by atoms with Crippen LogP contribution in [-0.4, -0.2) is 67.6 Å². The lowest BCUT2D eigenvalue weighted by atomic mass is 10.0. The number of nitrogens with zero attached hydrogens (tertiary/aromatic N) is 2. The Labute approximate surface area is 205 Å². The van der Waals surface area contributed by atoms with E-state index in [1.165, 1.54) is 0 Å². The van der Waals surface area contributed by atoms with Crippen LogP contribution in [0.1, 0.15) is 49.5 Å². The average molecular weight is 490 g/mol. The Morgan fingerprint density at radius 1 is 1.17 bits per heavy atom. The number of hydrogen-bond acceptors (Lipinski definition) is 7. The van der Waals surface area contributed by atoms with Gasteiger partial charge in [-0.05, 0) is 44.4 Å². The third kappa shape index (κ3) is 12.5. The normalized spacial score (nSPS) is 12.0. The zero-order valence-electron chi connectivity index (χ0n) is 20.6. The second-order valence-corrected chi connectivity index (χ2v) is 8.53. The first kappa shape index (κ1) is 29.5. The van der Waals surface area contributed by atoms with Crippen LogP contribution in [0.15, 0.2) is 48.8 Å². The van der Waals surface area contributed by atoms with Crippen molar-refractivity contribution in [3.05, 3.63) is 59.9 Å². The van der Waals surface area contributed by atoms with Crippen LogP contribution in [0.4, 0.5) is 0 Å². The molecule has 1 unspecified atom stereocenters. The van der Waals surface area contributed by atoms with Gasteiger partial charge >= 0.3 is 11.9 Å².